The topological polar surface area (TPSA) is 60.2 Å². The van der Waals surface area contributed by atoms with Crippen molar-refractivity contribution >= 4 is 34.0 Å². The van der Waals surface area contributed by atoms with Crippen LogP contribution in [0, 0.1) is 5.82 Å². The largest absolute Gasteiger partial charge is 0.487 e. The second-order valence-corrected chi connectivity index (χ2v) is 8.91. The van der Waals surface area contributed by atoms with E-state index >= 15 is 0 Å². The zero-order valence-corrected chi connectivity index (χ0v) is 20.0. The Morgan fingerprint density at radius 2 is 1.86 bits per heavy atom. The van der Waals surface area contributed by atoms with Gasteiger partial charge in [-0.1, -0.05) is 45.0 Å². The lowest BCUT2D eigenvalue weighted by atomic mass is 10.1. The number of hydrogen-bond acceptors (Lipinski definition) is 5. The molecule has 0 bridgehead atoms. The maximum Gasteiger partial charge on any atom is 0.141 e. The molecule has 0 fully saturated rings. The number of furan rings is 1. The highest BCUT2D eigenvalue weighted by molar-refractivity contribution is 6.32. The number of nitrogens with zero attached hydrogens (tertiary/aromatic N) is 2. The quantitative estimate of drug-likeness (QED) is 0.240. The van der Waals surface area contributed by atoms with Gasteiger partial charge in [0.05, 0.1) is 10.5 Å². The van der Waals surface area contributed by atoms with Gasteiger partial charge in [0.1, 0.15) is 41.8 Å². The molecule has 2 aromatic heterocycles. The van der Waals surface area contributed by atoms with Crippen LogP contribution in [-0.2, 0) is 6.61 Å². The molecule has 5 aromatic rings. The Morgan fingerprint density at radius 1 is 1.00 bits per heavy atom. The first-order chi connectivity index (χ1) is 17.0. The van der Waals surface area contributed by atoms with Crippen LogP contribution in [0.3, 0.4) is 0 Å². The molecule has 0 amide bonds. The zero-order chi connectivity index (χ0) is 24.4. The van der Waals surface area contributed by atoms with Gasteiger partial charge in [0, 0.05) is 22.6 Å². The van der Waals surface area contributed by atoms with Crippen LogP contribution in [0.1, 0.15) is 38.5 Å². The van der Waals surface area contributed by atoms with Crippen LogP contribution in [0.25, 0.3) is 22.2 Å². The molecule has 36 heavy (non-hydrogen) atoms. The van der Waals surface area contributed by atoms with Crippen molar-refractivity contribution in [2.24, 2.45) is 0 Å². The molecule has 184 valence electrons. The molecule has 0 saturated carbocycles. The van der Waals surface area contributed by atoms with Gasteiger partial charge in [0.2, 0.25) is 0 Å². The minimum absolute atomic E-state index is 0. The summed E-state index contributed by atoms with van der Waals surface area (Å²) in [6, 6.07) is 21.6. The van der Waals surface area contributed by atoms with Crippen molar-refractivity contribution in [3.05, 3.63) is 101 Å². The van der Waals surface area contributed by atoms with Gasteiger partial charge in [0.15, 0.2) is 0 Å². The van der Waals surface area contributed by atoms with E-state index in [1.54, 1.807) is 24.3 Å². The van der Waals surface area contributed by atoms with Crippen molar-refractivity contribution in [2.75, 3.05) is 5.32 Å². The fourth-order valence-electron chi connectivity index (χ4n) is 3.75. The van der Waals surface area contributed by atoms with Gasteiger partial charge in [-0.05, 0) is 66.2 Å². The number of ether oxygens (including phenoxy) is 1. The van der Waals surface area contributed by atoms with Crippen LogP contribution < -0.4 is 10.1 Å². The van der Waals surface area contributed by atoms with Crippen molar-refractivity contribution in [3.8, 4) is 17.1 Å². The highest BCUT2D eigenvalue weighted by Gasteiger charge is 2.12. The summed E-state index contributed by atoms with van der Waals surface area (Å²) in [5, 5.41) is 4.62. The third-order valence-corrected chi connectivity index (χ3v) is 5.89. The van der Waals surface area contributed by atoms with Gasteiger partial charge in [0.25, 0.3) is 0 Å². The maximum atomic E-state index is 13.4. The van der Waals surface area contributed by atoms with E-state index in [0.717, 1.165) is 39.2 Å². The summed E-state index contributed by atoms with van der Waals surface area (Å²) in [6.45, 7) is 4.42. The van der Waals surface area contributed by atoms with Crippen LogP contribution in [0.2, 0.25) is 5.02 Å². The van der Waals surface area contributed by atoms with Gasteiger partial charge < -0.3 is 14.5 Å². The number of aromatic nitrogens is 2. The van der Waals surface area contributed by atoms with E-state index in [-0.39, 0.29) is 19.9 Å². The van der Waals surface area contributed by atoms with E-state index in [1.165, 1.54) is 18.5 Å². The monoisotopic (exact) mass is 503 g/mol. The number of halogens is 2. The number of hydrogen-bond donors (Lipinski definition) is 1. The first-order valence-electron chi connectivity index (χ1n) is 11.2. The lowest BCUT2D eigenvalue weighted by molar-refractivity contribution is 0.306. The zero-order valence-electron chi connectivity index (χ0n) is 19.3. The molecule has 5 nitrogen and oxygen atoms in total. The van der Waals surface area contributed by atoms with Crippen LogP contribution in [0.15, 0.2) is 83.5 Å². The molecular weight excluding hydrogens is 477 g/mol. The summed E-state index contributed by atoms with van der Waals surface area (Å²) in [5.74, 6) is 2.91. The Morgan fingerprint density at radius 3 is 2.61 bits per heavy atom. The summed E-state index contributed by atoms with van der Waals surface area (Å²) in [5.41, 5.74) is 3.23. The summed E-state index contributed by atoms with van der Waals surface area (Å²) in [4.78, 5) is 8.83. The predicted octanol–water partition coefficient (Wildman–Crippen LogP) is 8.76. The van der Waals surface area contributed by atoms with Crippen LogP contribution in [0.5, 0.6) is 5.75 Å². The normalized spacial score (nSPS) is 10.9. The van der Waals surface area contributed by atoms with Crippen LogP contribution >= 0.6 is 11.6 Å². The minimum Gasteiger partial charge on any atom is -0.487 e. The Hall–Kier alpha value is -3.90. The fraction of sp³-hybridized carbons (Fsp3) is 0.172. The van der Waals surface area contributed by atoms with Gasteiger partial charge in [-0.15, -0.1) is 0 Å². The average molecular weight is 504 g/mol. The highest BCUT2D eigenvalue weighted by atomic mass is 35.5. The fourth-order valence-corrected chi connectivity index (χ4v) is 3.98. The summed E-state index contributed by atoms with van der Waals surface area (Å²) >= 11 is 6.46. The van der Waals surface area contributed by atoms with Crippen molar-refractivity contribution < 1.29 is 13.5 Å². The molecule has 0 unspecified atom stereocenters. The molecule has 0 saturated heterocycles. The van der Waals surface area contributed by atoms with Crippen LogP contribution in [0.4, 0.5) is 15.9 Å². The van der Waals surface area contributed by atoms with E-state index in [0.29, 0.717) is 22.5 Å². The molecule has 0 aliphatic carbocycles. The third-order valence-electron chi connectivity index (χ3n) is 5.59. The van der Waals surface area contributed by atoms with Crippen LogP contribution in [-0.4, -0.2) is 9.97 Å². The van der Waals surface area contributed by atoms with Gasteiger partial charge in [-0.25, -0.2) is 14.4 Å². The lowest BCUT2D eigenvalue weighted by Gasteiger charge is -2.12. The Balaban J connectivity index is 0.00000304. The number of rotatable bonds is 7. The second kappa shape index (κ2) is 10.8. The number of fused-ring (bicyclic) bond motifs is 1. The van der Waals surface area contributed by atoms with Crippen molar-refractivity contribution in [3.63, 3.8) is 0 Å². The van der Waals surface area contributed by atoms with Crippen molar-refractivity contribution in [2.45, 2.75) is 33.8 Å². The van der Waals surface area contributed by atoms with E-state index < -0.39 is 0 Å². The molecule has 0 radical (unpaired) electrons. The molecule has 0 aliphatic heterocycles. The molecule has 0 aliphatic rings. The third kappa shape index (κ3) is 5.50. The SMILES string of the molecule is C.CC(C)c1ccc(-c2ccc3ncnc(Nc4ccc(OCc5cccc(F)c5)c(Cl)c4)c3c2)o1. The Labute approximate surface area is 214 Å². The lowest BCUT2D eigenvalue weighted by Crippen LogP contribution is -1.99. The van der Waals surface area contributed by atoms with Gasteiger partial charge >= 0.3 is 0 Å². The number of benzene rings is 3. The molecule has 2 heterocycles. The maximum absolute atomic E-state index is 13.4. The standard InChI is InChI=1S/C28H23ClFN3O2.CH4/c1-17(2)25-10-11-26(35-25)19-6-8-24-22(13-19)28(32-16-31-24)33-21-7-9-27(23(29)14-21)34-15-18-4-3-5-20(30)12-18;/h3-14,16-17H,15H2,1-2H3,(H,31,32,33);1H4. The smallest absolute Gasteiger partial charge is 0.141 e. The summed E-state index contributed by atoms with van der Waals surface area (Å²) in [6.07, 6.45) is 1.52. The van der Waals surface area contributed by atoms with E-state index in [9.17, 15) is 4.39 Å². The molecule has 3 aromatic carbocycles. The molecule has 7 heteroatoms. The Bertz CT molecular complexity index is 1500. The predicted molar refractivity (Wildman–Crippen MR) is 144 cm³/mol. The van der Waals surface area contributed by atoms with Crippen molar-refractivity contribution in [1.82, 2.24) is 9.97 Å². The average Bonchev–Trinajstić information content (AvgIpc) is 3.35. The first-order valence-corrected chi connectivity index (χ1v) is 11.6. The first kappa shape index (κ1) is 25.2. The van der Waals surface area contributed by atoms with E-state index in [1.807, 2.05) is 36.4 Å². The number of anilines is 2. The van der Waals surface area contributed by atoms with E-state index in [2.05, 4.69) is 29.1 Å². The minimum atomic E-state index is -0.301. The highest BCUT2D eigenvalue weighted by Crippen LogP contribution is 2.33. The number of nitrogens with one attached hydrogen (secondary N) is 1. The summed E-state index contributed by atoms with van der Waals surface area (Å²) in [7, 11) is 0. The molecular formula is C29H27ClFN3O2. The molecule has 0 spiro atoms. The second-order valence-electron chi connectivity index (χ2n) is 8.50. The Kier molecular flexibility index (Phi) is 7.55. The van der Waals surface area contributed by atoms with E-state index in [4.69, 9.17) is 20.8 Å². The molecule has 1 N–H and O–H groups in total. The summed E-state index contributed by atoms with van der Waals surface area (Å²) < 4.78 is 25.2. The molecule has 5 rings (SSSR count). The van der Waals surface area contributed by atoms with Crippen molar-refractivity contribution in [1.29, 1.82) is 0 Å². The van der Waals surface area contributed by atoms with Gasteiger partial charge in [-0.3, -0.25) is 0 Å². The molecule has 0 atom stereocenters. The van der Waals surface area contributed by atoms with Gasteiger partial charge in [-0.2, -0.15) is 0 Å².